The number of nitrogens with zero attached hydrogens (tertiary/aromatic N) is 1. The Morgan fingerprint density at radius 1 is 1.43 bits per heavy atom. The van der Waals surface area contributed by atoms with Gasteiger partial charge in [-0.05, 0) is 43.9 Å². The number of hydrogen-bond acceptors (Lipinski definition) is 4. The van der Waals surface area contributed by atoms with Gasteiger partial charge in [-0.15, -0.1) is 0 Å². The van der Waals surface area contributed by atoms with E-state index in [2.05, 4.69) is 11.4 Å². The molecule has 4 heteroatoms. The number of aliphatic hydroxyl groups excluding tert-OH is 1. The lowest BCUT2D eigenvalue weighted by atomic mass is 9.85. The second-order valence-corrected chi connectivity index (χ2v) is 5.77. The molecule has 0 bridgehead atoms. The smallest absolute Gasteiger partial charge is 0.159 e. The summed E-state index contributed by atoms with van der Waals surface area (Å²) >= 11 is 0. The molecule has 1 unspecified atom stereocenters. The van der Waals surface area contributed by atoms with E-state index in [1.807, 2.05) is 0 Å². The molecular weight excluding hydrogens is 264 g/mol. The van der Waals surface area contributed by atoms with Crippen molar-refractivity contribution in [2.75, 3.05) is 11.9 Å². The Labute approximate surface area is 125 Å². The van der Waals surface area contributed by atoms with Crippen LogP contribution in [0.15, 0.2) is 18.2 Å². The molecule has 2 rings (SSSR count). The van der Waals surface area contributed by atoms with Crippen LogP contribution < -0.4 is 5.32 Å². The minimum atomic E-state index is -0.405. The molecule has 1 saturated carbocycles. The summed E-state index contributed by atoms with van der Waals surface area (Å²) in [4.78, 5) is 11.4. The number of aliphatic hydroxyl groups is 1. The van der Waals surface area contributed by atoms with Crippen LogP contribution in [0.4, 0.5) is 5.69 Å². The Morgan fingerprint density at radius 2 is 2.14 bits per heavy atom. The molecule has 1 fully saturated rings. The topological polar surface area (TPSA) is 73.1 Å². The van der Waals surface area contributed by atoms with Crippen molar-refractivity contribution in [1.82, 2.24) is 0 Å². The van der Waals surface area contributed by atoms with Crippen LogP contribution in [0.2, 0.25) is 0 Å². The van der Waals surface area contributed by atoms with Crippen molar-refractivity contribution in [1.29, 1.82) is 5.26 Å². The number of anilines is 1. The highest BCUT2D eigenvalue weighted by Crippen LogP contribution is 2.27. The minimum Gasteiger partial charge on any atom is -0.391 e. The molecule has 112 valence electrons. The molecule has 1 aromatic rings. The monoisotopic (exact) mass is 286 g/mol. The number of carbonyl (C=O) groups is 1. The third-order valence-corrected chi connectivity index (χ3v) is 4.24. The highest BCUT2D eigenvalue weighted by Gasteiger charge is 2.21. The van der Waals surface area contributed by atoms with Crippen molar-refractivity contribution >= 4 is 11.5 Å². The first-order valence-electron chi connectivity index (χ1n) is 7.59. The van der Waals surface area contributed by atoms with Gasteiger partial charge < -0.3 is 10.4 Å². The zero-order chi connectivity index (χ0) is 15.2. The zero-order valence-electron chi connectivity index (χ0n) is 12.4. The first-order chi connectivity index (χ1) is 10.1. The number of hydrogen-bond donors (Lipinski definition) is 2. The van der Waals surface area contributed by atoms with E-state index >= 15 is 0 Å². The number of Topliss-reactive ketones (excluding diaryl/α,β-unsaturated/α-hetero) is 1. The summed E-state index contributed by atoms with van der Waals surface area (Å²) in [5.41, 5.74) is 1.69. The Kier molecular flexibility index (Phi) is 5.35. The first kappa shape index (κ1) is 15.5. The van der Waals surface area contributed by atoms with Gasteiger partial charge in [-0.25, -0.2) is 0 Å². The molecule has 2 N–H and O–H groups in total. The molecule has 0 spiro atoms. The molecule has 0 amide bonds. The average molecular weight is 286 g/mol. The fraction of sp³-hybridized carbons (Fsp3) is 0.529. The van der Waals surface area contributed by atoms with Crippen LogP contribution in [0.1, 0.15) is 54.9 Å². The van der Waals surface area contributed by atoms with Crippen molar-refractivity contribution in [3.05, 3.63) is 29.3 Å². The van der Waals surface area contributed by atoms with E-state index in [9.17, 15) is 9.90 Å². The number of carbonyl (C=O) groups excluding carboxylic acids is 1. The maximum Gasteiger partial charge on any atom is 0.159 e. The van der Waals surface area contributed by atoms with Crippen molar-refractivity contribution in [3.63, 3.8) is 0 Å². The van der Waals surface area contributed by atoms with Gasteiger partial charge >= 0.3 is 0 Å². The molecule has 21 heavy (non-hydrogen) atoms. The molecule has 1 aliphatic rings. The second-order valence-electron chi connectivity index (χ2n) is 5.77. The SMILES string of the molecule is CC(=O)c1ccc(C#N)c(NCC(O)C2CCCCC2)c1. The Bertz CT molecular complexity index is 542. The van der Waals surface area contributed by atoms with Crippen LogP contribution in [0, 0.1) is 17.2 Å². The van der Waals surface area contributed by atoms with Crippen LogP contribution in [0.3, 0.4) is 0 Å². The molecule has 0 radical (unpaired) electrons. The van der Waals surface area contributed by atoms with Crippen LogP contribution in [-0.2, 0) is 0 Å². The maximum absolute atomic E-state index is 11.4. The molecule has 0 aromatic heterocycles. The lowest BCUT2D eigenvalue weighted by Gasteiger charge is -2.27. The summed E-state index contributed by atoms with van der Waals surface area (Å²) in [6.07, 6.45) is 5.37. The predicted octanol–water partition coefficient (Wildman–Crippen LogP) is 3.11. The number of ketones is 1. The number of nitriles is 1. The maximum atomic E-state index is 11.4. The van der Waals surface area contributed by atoms with E-state index < -0.39 is 6.10 Å². The van der Waals surface area contributed by atoms with E-state index in [1.54, 1.807) is 18.2 Å². The van der Waals surface area contributed by atoms with E-state index in [-0.39, 0.29) is 5.78 Å². The van der Waals surface area contributed by atoms with Gasteiger partial charge in [0.1, 0.15) is 6.07 Å². The van der Waals surface area contributed by atoms with E-state index in [0.717, 1.165) is 12.8 Å². The van der Waals surface area contributed by atoms with Gasteiger partial charge in [-0.2, -0.15) is 5.26 Å². The van der Waals surface area contributed by atoms with E-state index in [0.29, 0.717) is 29.3 Å². The molecule has 4 nitrogen and oxygen atoms in total. The molecule has 1 aliphatic carbocycles. The Balaban J connectivity index is 2.02. The lowest BCUT2D eigenvalue weighted by molar-refractivity contribution is 0.0956. The minimum absolute atomic E-state index is 0.0321. The third kappa shape index (κ3) is 4.05. The standard InChI is InChI=1S/C17H22N2O2/c1-12(20)14-7-8-15(10-18)16(9-14)19-11-17(21)13-5-3-2-4-6-13/h7-9,13,17,19,21H,2-6,11H2,1H3. The van der Waals surface area contributed by atoms with E-state index in [4.69, 9.17) is 5.26 Å². The summed E-state index contributed by atoms with van der Waals surface area (Å²) in [6.45, 7) is 1.92. The molecule has 0 aliphatic heterocycles. The Morgan fingerprint density at radius 3 is 2.76 bits per heavy atom. The average Bonchev–Trinajstić information content (AvgIpc) is 2.53. The van der Waals surface area contributed by atoms with Crippen LogP contribution >= 0.6 is 0 Å². The fourth-order valence-electron chi connectivity index (χ4n) is 2.91. The summed E-state index contributed by atoms with van der Waals surface area (Å²) in [7, 11) is 0. The van der Waals surface area contributed by atoms with Crippen molar-refractivity contribution in [3.8, 4) is 6.07 Å². The number of benzene rings is 1. The van der Waals surface area contributed by atoms with Crippen molar-refractivity contribution in [2.45, 2.75) is 45.1 Å². The number of rotatable bonds is 5. The largest absolute Gasteiger partial charge is 0.391 e. The highest BCUT2D eigenvalue weighted by atomic mass is 16.3. The molecule has 1 atom stereocenters. The molecule has 0 saturated heterocycles. The van der Waals surface area contributed by atoms with Gasteiger partial charge in [-0.3, -0.25) is 4.79 Å². The summed E-state index contributed by atoms with van der Waals surface area (Å²) < 4.78 is 0. The molecular formula is C17H22N2O2. The highest BCUT2D eigenvalue weighted by molar-refractivity contribution is 5.95. The Hall–Kier alpha value is -1.86. The van der Waals surface area contributed by atoms with Crippen molar-refractivity contribution in [2.24, 2.45) is 5.92 Å². The summed E-state index contributed by atoms with van der Waals surface area (Å²) in [5.74, 6) is 0.308. The third-order valence-electron chi connectivity index (χ3n) is 4.24. The van der Waals surface area contributed by atoms with Gasteiger partial charge in [0.15, 0.2) is 5.78 Å². The fourth-order valence-corrected chi connectivity index (χ4v) is 2.91. The van der Waals surface area contributed by atoms with Gasteiger partial charge in [0.05, 0.1) is 17.4 Å². The van der Waals surface area contributed by atoms with Crippen molar-refractivity contribution < 1.29 is 9.90 Å². The molecule has 0 heterocycles. The van der Waals surface area contributed by atoms with Gasteiger partial charge in [0, 0.05) is 12.1 Å². The lowest BCUT2D eigenvalue weighted by Crippen LogP contribution is -2.30. The van der Waals surface area contributed by atoms with Gasteiger partial charge in [0.2, 0.25) is 0 Å². The van der Waals surface area contributed by atoms with E-state index in [1.165, 1.54) is 26.2 Å². The van der Waals surface area contributed by atoms with Gasteiger partial charge in [-0.1, -0.05) is 19.3 Å². The summed E-state index contributed by atoms with van der Waals surface area (Å²) in [6, 6.07) is 7.10. The van der Waals surface area contributed by atoms with Crippen LogP contribution in [0.5, 0.6) is 0 Å². The first-order valence-corrected chi connectivity index (χ1v) is 7.59. The summed E-state index contributed by atoms with van der Waals surface area (Å²) in [5, 5.41) is 22.5. The van der Waals surface area contributed by atoms with Crippen LogP contribution in [0.25, 0.3) is 0 Å². The second kappa shape index (κ2) is 7.24. The quantitative estimate of drug-likeness (QED) is 0.816. The number of nitrogens with one attached hydrogen (secondary N) is 1. The predicted molar refractivity (Wildman–Crippen MR) is 82.2 cm³/mol. The van der Waals surface area contributed by atoms with Gasteiger partial charge in [0.25, 0.3) is 0 Å². The molecule has 1 aromatic carbocycles. The van der Waals surface area contributed by atoms with Crippen LogP contribution in [-0.4, -0.2) is 23.5 Å². The normalized spacial score (nSPS) is 17.0. The zero-order valence-corrected chi connectivity index (χ0v) is 12.4.